The van der Waals surface area contributed by atoms with Crippen molar-refractivity contribution in [2.75, 3.05) is 0 Å². The van der Waals surface area contributed by atoms with Gasteiger partial charge in [-0.15, -0.1) is 0 Å². The van der Waals surface area contributed by atoms with Crippen LogP contribution in [0.25, 0.3) is 0 Å². The molecule has 0 aliphatic heterocycles. The maximum absolute atomic E-state index is 13.4. The predicted octanol–water partition coefficient (Wildman–Crippen LogP) is 4.17. The third-order valence-corrected chi connectivity index (χ3v) is 2.90. The molecule has 1 rings (SSSR count). The standard InChI is InChI=1S/C14H21F2N/c1-9(2)17-11(4)12-7-6-8-13(10(12)3)14(5,15)16/h6-9,11,17H,1-5H3/t11-/m1/s1. The first-order chi connectivity index (χ1) is 7.73. The van der Waals surface area contributed by atoms with Gasteiger partial charge in [0.25, 0.3) is 5.92 Å². The molecule has 3 heteroatoms. The Morgan fingerprint density at radius 2 is 1.76 bits per heavy atom. The molecule has 0 spiro atoms. The Kier molecular flexibility index (Phi) is 4.26. The molecule has 0 radical (unpaired) electrons. The van der Waals surface area contributed by atoms with Gasteiger partial charge in [-0.05, 0) is 25.0 Å². The molecule has 0 heterocycles. The van der Waals surface area contributed by atoms with Crippen LogP contribution < -0.4 is 5.32 Å². The molecule has 96 valence electrons. The van der Waals surface area contributed by atoms with Gasteiger partial charge in [-0.25, -0.2) is 8.78 Å². The number of nitrogens with one attached hydrogen (secondary N) is 1. The van der Waals surface area contributed by atoms with Crippen molar-refractivity contribution < 1.29 is 8.78 Å². The van der Waals surface area contributed by atoms with Crippen molar-refractivity contribution >= 4 is 0 Å². The summed E-state index contributed by atoms with van der Waals surface area (Å²) in [6.07, 6.45) is 0. The van der Waals surface area contributed by atoms with Crippen molar-refractivity contribution in [2.45, 2.75) is 52.6 Å². The van der Waals surface area contributed by atoms with E-state index >= 15 is 0 Å². The third-order valence-electron chi connectivity index (χ3n) is 2.90. The second-order valence-corrected chi connectivity index (χ2v) is 4.95. The van der Waals surface area contributed by atoms with Crippen LogP contribution in [0, 0.1) is 6.92 Å². The second-order valence-electron chi connectivity index (χ2n) is 4.95. The van der Waals surface area contributed by atoms with Crippen LogP contribution in [-0.2, 0) is 5.92 Å². The lowest BCUT2D eigenvalue weighted by Crippen LogP contribution is -2.27. The zero-order valence-electron chi connectivity index (χ0n) is 11.1. The molecule has 1 aromatic rings. The maximum atomic E-state index is 13.4. The Morgan fingerprint density at radius 1 is 1.18 bits per heavy atom. The molecule has 0 saturated heterocycles. The average Bonchev–Trinajstić information content (AvgIpc) is 2.14. The summed E-state index contributed by atoms with van der Waals surface area (Å²) < 4.78 is 26.8. The Labute approximate surface area is 102 Å². The first-order valence-electron chi connectivity index (χ1n) is 5.97. The summed E-state index contributed by atoms with van der Waals surface area (Å²) >= 11 is 0. The number of hydrogen-bond acceptors (Lipinski definition) is 1. The molecule has 0 saturated carbocycles. The molecule has 0 aliphatic rings. The largest absolute Gasteiger partial charge is 0.308 e. The maximum Gasteiger partial charge on any atom is 0.270 e. The first kappa shape index (κ1) is 14.1. The van der Waals surface area contributed by atoms with Crippen molar-refractivity contribution in [2.24, 2.45) is 0 Å². The van der Waals surface area contributed by atoms with E-state index in [4.69, 9.17) is 0 Å². The van der Waals surface area contributed by atoms with Gasteiger partial charge < -0.3 is 5.32 Å². The number of rotatable bonds is 4. The van der Waals surface area contributed by atoms with E-state index in [1.807, 2.05) is 26.8 Å². The Bertz CT molecular complexity index is 380. The topological polar surface area (TPSA) is 12.0 Å². The number of benzene rings is 1. The number of halogens is 2. The predicted molar refractivity (Wildman–Crippen MR) is 67.4 cm³/mol. The van der Waals surface area contributed by atoms with Crippen LogP contribution in [0.3, 0.4) is 0 Å². The van der Waals surface area contributed by atoms with E-state index < -0.39 is 5.92 Å². The van der Waals surface area contributed by atoms with Crippen molar-refractivity contribution in [3.63, 3.8) is 0 Å². The zero-order valence-corrected chi connectivity index (χ0v) is 11.1. The monoisotopic (exact) mass is 241 g/mol. The lowest BCUT2D eigenvalue weighted by atomic mass is 9.94. The third kappa shape index (κ3) is 3.50. The van der Waals surface area contributed by atoms with Crippen molar-refractivity contribution in [1.82, 2.24) is 5.32 Å². The highest BCUT2D eigenvalue weighted by Gasteiger charge is 2.27. The number of alkyl halides is 2. The molecule has 0 fully saturated rings. The molecular formula is C14H21F2N. The van der Waals surface area contributed by atoms with Crippen LogP contribution in [0.1, 0.15) is 50.4 Å². The zero-order chi connectivity index (χ0) is 13.2. The molecule has 1 N–H and O–H groups in total. The van der Waals surface area contributed by atoms with Gasteiger partial charge in [-0.1, -0.05) is 32.0 Å². The van der Waals surface area contributed by atoms with Crippen LogP contribution >= 0.6 is 0 Å². The van der Waals surface area contributed by atoms with Gasteiger partial charge in [0, 0.05) is 24.6 Å². The van der Waals surface area contributed by atoms with Crippen molar-refractivity contribution in [3.05, 3.63) is 34.9 Å². The molecule has 0 aliphatic carbocycles. The summed E-state index contributed by atoms with van der Waals surface area (Å²) in [6.45, 7) is 8.80. The van der Waals surface area contributed by atoms with Crippen LogP contribution in [0.4, 0.5) is 8.78 Å². The van der Waals surface area contributed by atoms with E-state index in [1.54, 1.807) is 13.0 Å². The highest BCUT2D eigenvalue weighted by molar-refractivity contribution is 5.38. The van der Waals surface area contributed by atoms with Gasteiger partial charge in [-0.2, -0.15) is 0 Å². The molecule has 1 atom stereocenters. The average molecular weight is 241 g/mol. The van der Waals surface area contributed by atoms with Crippen LogP contribution in [0.2, 0.25) is 0 Å². The van der Waals surface area contributed by atoms with Crippen LogP contribution in [-0.4, -0.2) is 6.04 Å². The smallest absolute Gasteiger partial charge is 0.270 e. The summed E-state index contributed by atoms with van der Waals surface area (Å²) in [4.78, 5) is 0. The van der Waals surface area contributed by atoms with Crippen LogP contribution in [0.5, 0.6) is 0 Å². The molecule has 0 amide bonds. The lowest BCUT2D eigenvalue weighted by Gasteiger charge is -2.22. The van der Waals surface area contributed by atoms with Gasteiger partial charge in [-0.3, -0.25) is 0 Å². The molecule has 0 bridgehead atoms. The fraction of sp³-hybridized carbons (Fsp3) is 0.571. The minimum absolute atomic E-state index is 0.0808. The fourth-order valence-corrected chi connectivity index (χ4v) is 2.19. The fourth-order valence-electron chi connectivity index (χ4n) is 2.19. The molecule has 0 unspecified atom stereocenters. The molecule has 1 aromatic carbocycles. The molecular weight excluding hydrogens is 220 g/mol. The van der Waals surface area contributed by atoms with Gasteiger partial charge >= 0.3 is 0 Å². The van der Waals surface area contributed by atoms with E-state index in [-0.39, 0.29) is 11.6 Å². The number of hydrogen-bond donors (Lipinski definition) is 1. The Hall–Kier alpha value is -0.960. The minimum atomic E-state index is -2.78. The molecule has 1 nitrogen and oxygen atoms in total. The van der Waals surface area contributed by atoms with E-state index in [0.717, 1.165) is 12.5 Å². The lowest BCUT2D eigenvalue weighted by molar-refractivity contribution is 0.0167. The highest BCUT2D eigenvalue weighted by Crippen LogP contribution is 2.32. The van der Waals surface area contributed by atoms with E-state index in [1.165, 1.54) is 6.07 Å². The van der Waals surface area contributed by atoms with Crippen molar-refractivity contribution in [1.29, 1.82) is 0 Å². The van der Waals surface area contributed by atoms with E-state index in [2.05, 4.69) is 5.32 Å². The Balaban J connectivity index is 3.10. The van der Waals surface area contributed by atoms with Gasteiger partial charge in [0.2, 0.25) is 0 Å². The molecule has 17 heavy (non-hydrogen) atoms. The second kappa shape index (κ2) is 5.13. The Morgan fingerprint density at radius 3 is 2.24 bits per heavy atom. The summed E-state index contributed by atoms with van der Waals surface area (Å²) in [7, 11) is 0. The van der Waals surface area contributed by atoms with Gasteiger partial charge in [0.1, 0.15) is 0 Å². The van der Waals surface area contributed by atoms with E-state index in [9.17, 15) is 8.78 Å². The van der Waals surface area contributed by atoms with E-state index in [0.29, 0.717) is 11.6 Å². The SMILES string of the molecule is Cc1c([C@@H](C)NC(C)C)cccc1C(C)(F)F. The highest BCUT2D eigenvalue weighted by atomic mass is 19.3. The quantitative estimate of drug-likeness (QED) is 0.834. The normalized spacial score (nSPS) is 14.1. The minimum Gasteiger partial charge on any atom is -0.308 e. The summed E-state index contributed by atoms with van der Waals surface area (Å²) in [6, 6.07) is 5.52. The van der Waals surface area contributed by atoms with Crippen molar-refractivity contribution in [3.8, 4) is 0 Å². The van der Waals surface area contributed by atoms with Gasteiger partial charge in [0.15, 0.2) is 0 Å². The van der Waals surface area contributed by atoms with Gasteiger partial charge in [0.05, 0.1) is 0 Å². The summed E-state index contributed by atoms with van der Waals surface area (Å²) in [5.41, 5.74) is 1.74. The first-order valence-corrected chi connectivity index (χ1v) is 5.97. The van der Waals surface area contributed by atoms with Crippen LogP contribution in [0.15, 0.2) is 18.2 Å². The molecule has 0 aromatic heterocycles. The summed E-state index contributed by atoms with van der Waals surface area (Å²) in [5.74, 6) is -2.78. The summed E-state index contributed by atoms with van der Waals surface area (Å²) in [5, 5.41) is 3.33.